The molecule has 4 aromatic carbocycles. The lowest BCUT2D eigenvalue weighted by molar-refractivity contribution is 0.100. The van der Waals surface area contributed by atoms with Gasteiger partial charge < -0.3 is 0 Å². The van der Waals surface area contributed by atoms with Gasteiger partial charge in [-0.25, -0.2) is 4.98 Å². The molecule has 45 heavy (non-hydrogen) atoms. The number of fused-ring (bicyclic) bond motifs is 6. The minimum absolute atomic E-state index is 0.0754. The van der Waals surface area contributed by atoms with E-state index >= 15 is 0 Å². The predicted molar refractivity (Wildman–Crippen MR) is 182 cm³/mol. The Morgan fingerprint density at radius 2 is 1.27 bits per heavy atom. The summed E-state index contributed by atoms with van der Waals surface area (Å²) in [5.74, 6) is 0.187. The van der Waals surface area contributed by atoms with E-state index in [0.717, 1.165) is 56.4 Å². The summed E-state index contributed by atoms with van der Waals surface area (Å²) in [6, 6.07) is 40.1. The van der Waals surface area contributed by atoms with Crippen molar-refractivity contribution >= 4 is 33.5 Å². The molecule has 0 aliphatic heterocycles. The van der Waals surface area contributed by atoms with Gasteiger partial charge in [0.25, 0.3) is 0 Å². The Bertz CT molecular complexity index is 2150. The molecule has 0 radical (unpaired) electrons. The zero-order chi connectivity index (χ0) is 31.3. The van der Waals surface area contributed by atoms with Crippen molar-refractivity contribution in [1.82, 2.24) is 14.5 Å². The van der Waals surface area contributed by atoms with Crippen molar-refractivity contribution in [2.45, 2.75) is 27.2 Å². The van der Waals surface area contributed by atoms with E-state index in [1.807, 2.05) is 97.2 Å². The van der Waals surface area contributed by atoms with E-state index in [1.54, 1.807) is 20.0 Å². The fraction of sp³-hybridized carbons (Fsp3) is 0.100. The van der Waals surface area contributed by atoms with Gasteiger partial charge in [0.1, 0.15) is 5.65 Å². The van der Waals surface area contributed by atoms with Crippen molar-refractivity contribution in [2.24, 2.45) is 0 Å². The molecule has 1 aliphatic carbocycles. The number of rotatable bonds is 3. The van der Waals surface area contributed by atoms with Gasteiger partial charge in [-0.05, 0) is 86.5 Å². The first-order valence-electron chi connectivity index (χ1n) is 15.0. The number of benzene rings is 4. The third-order valence-electron chi connectivity index (χ3n) is 7.94. The number of pyridine rings is 2. The highest BCUT2D eigenvalue weighted by Crippen LogP contribution is 2.36. The Balaban J connectivity index is 0.000000135. The molecule has 220 valence electrons. The second-order valence-corrected chi connectivity index (χ2v) is 11.1. The molecule has 0 atom stereocenters. The average Bonchev–Trinajstić information content (AvgIpc) is 3.61. The van der Waals surface area contributed by atoms with Gasteiger partial charge in [0.2, 0.25) is 0 Å². The summed E-state index contributed by atoms with van der Waals surface area (Å²) in [5, 5.41) is 2.11. The number of hydrogen-bond donors (Lipinski definition) is 0. The molecule has 0 N–H and O–H groups in total. The molecule has 5 heteroatoms. The molecule has 0 spiro atoms. The van der Waals surface area contributed by atoms with Crippen LogP contribution in [0.15, 0.2) is 134 Å². The van der Waals surface area contributed by atoms with Gasteiger partial charge in [-0.1, -0.05) is 72.3 Å². The number of aromatic nitrogens is 3. The number of hydrogen-bond acceptors (Lipinski definition) is 4. The minimum Gasteiger partial charge on any atom is -0.295 e. The zero-order valence-electron chi connectivity index (χ0n) is 25.6. The average molecular weight is 588 g/mol. The summed E-state index contributed by atoms with van der Waals surface area (Å²) in [6.45, 7) is 5.27. The van der Waals surface area contributed by atoms with Gasteiger partial charge in [-0.2, -0.15) is 0 Å². The minimum atomic E-state index is 0.0754. The van der Waals surface area contributed by atoms with Crippen LogP contribution in [0.3, 0.4) is 0 Å². The number of carbonyl (C=O) groups excluding carboxylic acids is 2. The van der Waals surface area contributed by atoms with Crippen LogP contribution in [0.1, 0.15) is 51.4 Å². The molecule has 7 aromatic rings. The molecule has 0 fully saturated rings. The summed E-state index contributed by atoms with van der Waals surface area (Å²) < 4.78 is 2.13. The Morgan fingerprint density at radius 1 is 0.622 bits per heavy atom. The first-order chi connectivity index (χ1) is 21.9. The van der Waals surface area contributed by atoms with Crippen molar-refractivity contribution in [1.29, 1.82) is 0 Å². The van der Waals surface area contributed by atoms with Crippen molar-refractivity contribution in [2.75, 3.05) is 0 Å². The number of nitrogens with zero attached hydrogens (tertiary/aromatic N) is 3. The Labute approximate surface area is 262 Å². The van der Waals surface area contributed by atoms with Crippen LogP contribution in [0.5, 0.6) is 0 Å². The number of aryl methyl sites for hydroxylation is 1. The summed E-state index contributed by atoms with van der Waals surface area (Å²) >= 11 is 0. The topological polar surface area (TPSA) is 64.8 Å². The molecular formula is C40H33N3O2. The van der Waals surface area contributed by atoms with Crippen molar-refractivity contribution in [3.63, 3.8) is 0 Å². The van der Waals surface area contributed by atoms with E-state index in [0.29, 0.717) is 0 Å². The highest BCUT2D eigenvalue weighted by molar-refractivity contribution is 6.10. The van der Waals surface area contributed by atoms with Crippen LogP contribution in [0.25, 0.3) is 38.8 Å². The standard InChI is InChI=1S/C19H14N2O.C14H11NO.C7H8/c1-13(22)14-9-10-18-17(12-14)16-8-5-11-20-19(16)21(18)15-6-3-2-4-7-15;1-9(16)10-4-5-11-8-14-12(13(11)7-10)3-2-6-15-14;1-7-5-3-2-4-6-7/h2-12H,1H3;2-7H,8H2,1H3;2-6H,1H3. The van der Waals surface area contributed by atoms with Gasteiger partial charge in [0.05, 0.1) is 11.2 Å². The maximum Gasteiger partial charge on any atom is 0.159 e. The van der Waals surface area contributed by atoms with Crippen molar-refractivity contribution in [3.8, 4) is 16.8 Å². The van der Waals surface area contributed by atoms with Gasteiger partial charge in [0, 0.05) is 52.0 Å². The van der Waals surface area contributed by atoms with Crippen molar-refractivity contribution in [3.05, 3.63) is 162 Å². The predicted octanol–water partition coefficient (Wildman–Crippen LogP) is 9.23. The fourth-order valence-corrected chi connectivity index (χ4v) is 5.64. The van der Waals surface area contributed by atoms with Gasteiger partial charge in [-0.15, -0.1) is 0 Å². The van der Waals surface area contributed by atoms with Crippen LogP contribution in [0.4, 0.5) is 0 Å². The van der Waals surface area contributed by atoms with E-state index in [9.17, 15) is 9.59 Å². The molecule has 8 rings (SSSR count). The van der Waals surface area contributed by atoms with Crippen LogP contribution in [-0.4, -0.2) is 26.1 Å². The van der Waals surface area contributed by atoms with Gasteiger partial charge >= 0.3 is 0 Å². The van der Waals surface area contributed by atoms with E-state index in [1.165, 1.54) is 16.7 Å². The molecule has 0 saturated carbocycles. The Morgan fingerprint density at radius 3 is 1.96 bits per heavy atom. The molecular weight excluding hydrogens is 554 g/mol. The number of Topliss-reactive ketones (excluding diaryl/α,β-unsaturated/α-hetero) is 2. The molecule has 3 aromatic heterocycles. The zero-order valence-corrected chi connectivity index (χ0v) is 25.6. The van der Waals surface area contributed by atoms with E-state index < -0.39 is 0 Å². The van der Waals surface area contributed by atoms with Crippen LogP contribution in [0.2, 0.25) is 0 Å². The second kappa shape index (κ2) is 12.9. The largest absolute Gasteiger partial charge is 0.295 e. The lowest BCUT2D eigenvalue weighted by Gasteiger charge is -2.06. The third-order valence-corrected chi connectivity index (χ3v) is 7.94. The molecule has 0 unspecified atom stereocenters. The molecule has 0 saturated heterocycles. The normalized spacial score (nSPS) is 11.1. The van der Waals surface area contributed by atoms with Crippen LogP contribution >= 0.6 is 0 Å². The number of para-hydroxylation sites is 1. The second-order valence-electron chi connectivity index (χ2n) is 11.1. The maximum absolute atomic E-state index is 11.7. The first kappa shape index (κ1) is 29.4. The lowest BCUT2D eigenvalue weighted by Crippen LogP contribution is -1.95. The summed E-state index contributed by atoms with van der Waals surface area (Å²) in [4.78, 5) is 31.9. The monoisotopic (exact) mass is 587 g/mol. The molecule has 1 aliphatic rings. The highest BCUT2D eigenvalue weighted by atomic mass is 16.1. The third kappa shape index (κ3) is 6.20. The molecule has 0 amide bonds. The van der Waals surface area contributed by atoms with Crippen LogP contribution in [-0.2, 0) is 6.42 Å². The molecule has 3 heterocycles. The lowest BCUT2D eigenvalue weighted by atomic mass is 10.0. The van der Waals surface area contributed by atoms with E-state index in [2.05, 4.69) is 51.8 Å². The Hall–Kier alpha value is -5.68. The quantitative estimate of drug-likeness (QED) is 0.193. The van der Waals surface area contributed by atoms with E-state index in [-0.39, 0.29) is 11.6 Å². The number of ketones is 2. The summed E-state index contributed by atoms with van der Waals surface area (Å²) in [7, 11) is 0. The maximum atomic E-state index is 11.7. The van der Waals surface area contributed by atoms with E-state index in [4.69, 9.17) is 0 Å². The summed E-state index contributed by atoms with van der Waals surface area (Å²) in [6.07, 6.45) is 4.49. The van der Waals surface area contributed by atoms with Gasteiger partial charge in [0.15, 0.2) is 11.6 Å². The number of carbonyl (C=O) groups is 2. The van der Waals surface area contributed by atoms with Crippen molar-refractivity contribution < 1.29 is 9.59 Å². The SMILES string of the molecule is CC(=O)c1ccc2c(c1)-c1cccnc1C2.CC(=O)c1ccc2c(c1)c1cccnc1n2-c1ccccc1.Cc1ccccc1. The first-order valence-corrected chi connectivity index (χ1v) is 15.0. The highest BCUT2D eigenvalue weighted by Gasteiger charge is 2.19. The van der Waals surface area contributed by atoms with Crippen LogP contribution < -0.4 is 0 Å². The molecule has 0 bridgehead atoms. The fourth-order valence-electron chi connectivity index (χ4n) is 5.64. The smallest absolute Gasteiger partial charge is 0.159 e. The van der Waals surface area contributed by atoms with Gasteiger partial charge in [-0.3, -0.25) is 19.1 Å². The van der Waals surface area contributed by atoms with Crippen LogP contribution in [0, 0.1) is 6.92 Å². The molecule has 5 nitrogen and oxygen atoms in total. The Kier molecular flexibility index (Phi) is 8.43. The summed E-state index contributed by atoms with van der Waals surface area (Å²) in [5.41, 5.74) is 10.6.